The summed E-state index contributed by atoms with van der Waals surface area (Å²) in [5.41, 5.74) is 6.65. The molecule has 1 nitrogen and oxygen atoms in total. The Bertz CT molecular complexity index is 404. The quantitative estimate of drug-likeness (QED) is 0.669. The van der Waals surface area contributed by atoms with E-state index >= 15 is 0 Å². The van der Waals surface area contributed by atoms with Crippen LogP contribution in [0.3, 0.4) is 0 Å². The monoisotopic (exact) mass is 261 g/mol. The maximum atomic E-state index is 3.41. The summed E-state index contributed by atoms with van der Waals surface area (Å²) in [6.07, 6.45) is 14.1. The van der Waals surface area contributed by atoms with E-state index in [1.165, 1.54) is 44.9 Å². The minimum Gasteiger partial charge on any atom is -0.387 e. The summed E-state index contributed by atoms with van der Waals surface area (Å²) in [6, 6.07) is 0. The van der Waals surface area contributed by atoms with Crippen molar-refractivity contribution in [1.29, 1.82) is 0 Å². The fourth-order valence-electron chi connectivity index (χ4n) is 3.54. The largest absolute Gasteiger partial charge is 0.387 e. The number of rotatable bonds is 1. The number of hydrogen-bond donors (Lipinski definition) is 1. The van der Waals surface area contributed by atoms with E-state index in [0.717, 1.165) is 12.5 Å². The predicted octanol–water partition coefficient (Wildman–Crippen LogP) is 5.36. The van der Waals surface area contributed by atoms with Crippen LogP contribution >= 0.6 is 0 Å². The minimum atomic E-state index is 0. The maximum absolute atomic E-state index is 3.41. The van der Waals surface area contributed by atoms with E-state index in [9.17, 15) is 0 Å². The van der Waals surface area contributed by atoms with Gasteiger partial charge in [0.1, 0.15) is 0 Å². The van der Waals surface area contributed by atoms with Gasteiger partial charge in [0, 0.05) is 14.2 Å². The third-order valence-corrected chi connectivity index (χ3v) is 4.66. The highest BCUT2D eigenvalue weighted by atomic mass is 14.8. The average molecular weight is 261 g/mol. The van der Waals surface area contributed by atoms with Crippen LogP contribution in [-0.4, -0.2) is 6.54 Å². The Labute approximate surface area is 120 Å². The Morgan fingerprint density at radius 1 is 1.26 bits per heavy atom. The SMILES string of the molecule is CC.CCC1CCC2=C(C1)C1=CNCC=C1CCC2.[HH]. The second-order valence-corrected chi connectivity index (χ2v) is 5.65. The summed E-state index contributed by atoms with van der Waals surface area (Å²) < 4.78 is 0. The molecule has 0 aromatic rings. The second kappa shape index (κ2) is 6.98. The summed E-state index contributed by atoms with van der Waals surface area (Å²) in [6.45, 7) is 7.37. The number of dihydropyridines is 1. The zero-order valence-electron chi connectivity index (χ0n) is 12.9. The van der Waals surface area contributed by atoms with Crippen molar-refractivity contribution in [2.24, 2.45) is 5.92 Å². The van der Waals surface area contributed by atoms with Gasteiger partial charge in [-0.3, -0.25) is 0 Å². The number of nitrogens with one attached hydrogen (secondary N) is 1. The van der Waals surface area contributed by atoms with E-state index in [0.29, 0.717) is 0 Å². The van der Waals surface area contributed by atoms with E-state index in [1.54, 1.807) is 22.3 Å². The Kier molecular flexibility index (Phi) is 5.30. The van der Waals surface area contributed by atoms with Crippen molar-refractivity contribution in [3.05, 3.63) is 34.6 Å². The van der Waals surface area contributed by atoms with Crippen molar-refractivity contribution in [2.75, 3.05) is 6.54 Å². The van der Waals surface area contributed by atoms with Crippen molar-refractivity contribution >= 4 is 0 Å². The third-order valence-electron chi connectivity index (χ3n) is 4.66. The van der Waals surface area contributed by atoms with Crippen LogP contribution in [0.2, 0.25) is 0 Å². The van der Waals surface area contributed by atoms with Crippen molar-refractivity contribution in [1.82, 2.24) is 5.32 Å². The van der Waals surface area contributed by atoms with Crippen molar-refractivity contribution in [3.63, 3.8) is 0 Å². The van der Waals surface area contributed by atoms with Gasteiger partial charge in [0.15, 0.2) is 0 Å². The molecule has 0 saturated carbocycles. The van der Waals surface area contributed by atoms with E-state index in [4.69, 9.17) is 0 Å². The summed E-state index contributed by atoms with van der Waals surface area (Å²) in [5.74, 6) is 0.927. The highest BCUT2D eigenvalue weighted by Crippen LogP contribution is 2.42. The van der Waals surface area contributed by atoms with Gasteiger partial charge in [-0.1, -0.05) is 38.8 Å². The normalized spacial score (nSPS) is 25.7. The van der Waals surface area contributed by atoms with Gasteiger partial charge < -0.3 is 5.32 Å². The average Bonchev–Trinajstić information content (AvgIpc) is 2.68. The molecule has 1 N–H and O–H groups in total. The smallest absolute Gasteiger partial charge is 0.0331 e. The molecule has 19 heavy (non-hydrogen) atoms. The molecule has 3 rings (SSSR count). The van der Waals surface area contributed by atoms with Crippen LogP contribution in [0.25, 0.3) is 0 Å². The lowest BCUT2D eigenvalue weighted by atomic mass is 9.78. The molecule has 1 unspecified atom stereocenters. The zero-order chi connectivity index (χ0) is 13.7. The van der Waals surface area contributed by atoms with E-state index in [1.807, 2.05) is 13.8 Å². The first-order valence-electron chi connectivity index (χ1n) is 8.22. The molecule has 0 saturated heterocycles. The molecule has 0 aromatic carbocycles. The van der Waals surface area contributed by atoms with Crippen LogP contribution < -0.4 is 5.32 Å². The van der Waals surface area contributed by atoms with Gasteiger partial charge in [-0.25, -0.2) is 0 Å². The summed E-state index contributed by atoms with van der Waals surface area (Å²) >= 11 is 0. The first-order chi connectivity index (χ1) is 9.38. The van der Waals surface area contributed by atoms with Gasteiger partial charge in [-0.2, -0.15) is 0 Å². The lowest BCUT2D eigenvalue weighted by Crippen LogP contribution is -2.17. The van der Waals surface area contributed by atoms with Crippen LogP contribution in [0.5, 0.6) is 0 Å². The van der Waals surface area contributed by atoms with E-state index in [2.05, 4.69) is 24.5 Å². The molecule has 0 bridgehead atoms. The predicted molar refractivity (Wildman–Crippen MR) is 86.1 cm³/mol. The van der Waals surface area contributed by atoms with Crippen LogP contribution in [0, 0.1) is 5.92 Å². The minimum absolute atomic E-state index is 0. The molecular weight excluding hydrogens is 230 g/mol. The summed E-state index contributed by atoms with van der Waals surface area (Å²) in [5, 5.41) is 3.41. The highest BCUT2D eigenvalue weighted by Gasteiger charge is 2.26. The Balaban J connectivity index is 0.000000639. The van der Waals surface area contributed by atoms with E-state index < -0.39 is 0 Å². The molecule has 0 spiro atoms. The molecule has 1 atom stereocenters. The van der Waals surface area contributed by atoms with Crippen molar-refractivity contribution < 1.29 is 1.43 Å². The summed E-state index contributed by atoms with van der Waals surface area (Å²) in [4.78, 5) is 0. The first-order valence-corrected chi connectivity index (χ1v) is 8.22. The van der Waals surface area contributed by atoms with Gasteiger partial charge in [-0.05, 0) is 61.2 Å². The number of hydrogen-bond acceptors (Lipinski definition) is 1. The Morgan fingerprint density at radius 3 is 2.89 bits per heavy atom. The van der Waals surface area contributed by atoms with Crippen LogP contribution in [0.15, 0.2) is 34.6 Å². The molecule has 0 radical (unpaired) electrons. The van der Waals surface area contributed by atoms with Gasteiger partial charge >= 0.3 is 0 Å². The fraction of sp³-hybridized carbons (Fsp3) is 0.667. The van der Waals surface area contributed by atoms with Crippen molar-refractivity contribution in [2.45, 2.75) is 65.7 Å². The Morgan fingerprint density at radius 2 is 2.11 bits per heavy atom. The fourth-order valence-corrected chi connectivity index (χ4v) is 3.54. The van der Waals surface area contributed by atoms with Gasteiger partial charge in [0.25, 0.3) is 0 Å². The third kappa shape index (κ3) is 3.13. The molecule has 1 aliphatic heterocycles. The first kappa shape index (κ1) is 14.4. The molecule has 1 heterocycles. The molecule has 2 aliphatic carbocycles. The van der Waals surface area contributed by atoms with Gasteiger partial charge in [-0.15, -0.1) is 0 Å². The van der Waals surface area contributed by atoms with Crippen LogP contribution in [0.1, 0.15) is 67.1 Å². The topological polar surface area (TPSA) is 12.0 Å². The van der Waals surface area contributed by atoms with Crippen LogP contribution in [-0.2, 0) is 0 Å². The zero-order valence-corrected chi connectivity index (χ0v) is 12.9. The molecule has 0 fully saturated rings. The highest BCUT2D eigenvalue weighted by molar-refractivity contribution is 5.52. The van der Waals surface area contributed by atoms with Crippen LogP contribution in [0.4, 0.5) is 0 Å². The van der Waals surface area contributed by atoms with Gasteiger partial charge in [0.2, 0.25) is 0 Å². The molecular formula is C18H31N. The maximum Gasteiger partial charge on any atom is 0.0331 e. The molecule has 1 heteroatoms. The standard InChI is InChI=1S/C16H23N.C2H6.H2/c1-2-12-6-7-13-4-3-5-14-8-9-17-11-16(14)15(13)10-12;1-2;/h8,11-12,17H,2-7,9-10H2,1H3;1-2H3;1H. The summed E-state index contributed by atoms with van der Waals surface area (Å²) in [7, 11) is 0. The molecule has 0 amide bonds. The lowest BCUT2D eigenvalue weighted by molar-refractivity contribution is 0.439. The lowest BCUT2D eigenvalue weighted by Gasteiger charge is -2.28. The van der Waals surface area contributed by atoms with E-state index in [-0.39, 0.29) is 1.43 Å². The van der Waals surface area contributed by atoms with Gasteiger partial charge in [0.05, 0.1) is 0 Å². The molecule has 3 aliphatic rings. The number of allylic oxidation sites excluding steroid dienone is 4. The Hall–Kier alpha value is -0.980. The number of fused-ring (bicyclic) bond motifs is 2. The molecule has 108 valence electrons. The molecule has 0 aromatic heterocycles. The second-order valence-electron chi connectivity index (χ2n) is 5.65. The van der Waals surface area contributed by atoms with Crippen molar-refractivity contribution in [3.8, 4) is 0 Å².